The van der Waals surface area contributed by atoms with Crippen LogP contribution in [0.5, 0.6) is 0 Å². The Morgan fingerprint density at radius 2 is 0.872 bits per heavy atom. The molecule has 0 N–H and O–H groups in total. The number of rotatable bonds is 2. The van der Waals surface area contributed by atoms with Crippen molar-refractivity contribution < 1.29 is 0 Å². The van der Waals surface area contributed by atoms with E-state index in [1.165, 1.54) is 22.3 Å². The van der Waals surface area contributed by atoms with Crippen molar-refractivity contribution in [2.45, 2.75) is 102 Å². The molecule has 4 rings (SSSR count). The molecule has 39 heavy (non-hydrogen) atoms. The SMILES string of the molecule is C.C.C.CC.CC(C)(C)c1ccccc1.CC(C)c1ccccc1.CCc1ccccc1.Cc1ccccc1. The minimum atomic E-state index is 0. The molecule has 0 amide bonds. The average Bonchev–Trinajstić information content (AvgIpc) is 2.92. The van der Waals surface area contributed by atoms with Gasteiger partial charge < -0.3 is 0 Å². The second kappa shape index (κ2) is 26.5. The van der Waals surface area contributed by atoms with Gasteiger partial charge in [0.1, 0.15) is 0 Å². The van der Waals surface area contributed by atoms with Crippen molar-refractivity contribution in [3.63, 3.8) is 0 Å². The van der Waals surface area contributed by atoms with Crippen LogP contribution in [0.1, 0.15) is 106 Å². The number of hydrogen-bond acceptors (Lipinski definition) is 0. The maximum absolute atomic E-state index is 2.22. The van der Waals surface area contributed by atoms with Gasteiger partial charge in [0, 0.05) is 0 Å². The molecule has 218 valence electrons. The predicted octanol–water partition coefficient (Wildman–Crippen LogP) is 13.0. The molecule has 4 aromatic carbocycles. The van der Waals surface area contributed by atoms with Gasteiger partial charge in [0.05, 0.1) is 0 Å². The fourth-order valence-electron chi connectivity index (χ4n) is 3.02. The van der Waals surface area contributed by atoms with Crippen molar-refractivity contribution in [1.82, 2.24) is 0 Å². The Morgan fingerprint density at radius 1 is 0.538 bits per heavy atom. The molecule has 0 unspecified atom stereocenters. The summed E-state index contributed by atoms with van der Waals surface area (Å²) >= 11 is 0. The van der Waals surface area contributed by atoms with Crippen LogP contribution in [-0.2, 0) is 11.8 Å². The van der Waals surface area contributed by atoms with E-state index in [2.05, 4.69) is 139 Å². The summed E-state index contributed by atoms with van der Waals surface area (Å²) in [5, 5.41) is 0. The smallest absolute Gasteiger partial charge is 0.0132 e. The summed E-state index contributed by atoms with van der Waals surface area (Å²) in [6.07, 6.45) is 1.14. The van der Waals surface area contributed by atoms with Crippen LogP contribution in [0.2, 0.25) is 0 Å². The van der Waals surface area contributed by atoms with Gasteiger partial charge in [0.25, 0.3) is 0 Å². The largest absolute Gasteiger partial charge is 0.0776 e. The summed E-state index contributed by atoms with van der Waals surface area (Å²) in [4.78, 5) is 0. The first-order valence-electron chi connectivity index (χ1n) is 13.4. The van der Waals surface area contributed by atoms with E-state index in [0.29, 0.717) is 11.3 Å². The van der Waals surface area contributed by atoms with Crippen LogP contribution in [0, 0.1) is 6.92 Å². The van der Waals surface area contributed by atoms with E-state index in [1.54, 1.807) is 0 Å². The molecular weight excluding hydrogens is 468 g/mol. The van der Waals surface area contributed by atoms with Crippen molar-refractivity contribution >= 4 is 0 Å². The van der Waals surface area contributed by atoms with E-state index in [0.717, 1.165) is 6.42 Å². The van der Waals surface area contributed by atoms with Crippen LogP contribution in [0.25, 0.3) is 0 Å². The Bertz CT molecular complexity index is 964. The third kappa shape index (κ3) is 22.6. The quantitative estimate of drug-likeness (QED) is 0.242. The number of aryl methyl sites for hydroxylation is 2. The van der Waals surface area contributed by atoms with Crippen molar-refractivity contribution in [1.29, 1.82) is 0 Å². The van der Waals surface area contributed by atoms with Crippen molar-refractivity contribution in [3.05, 3.63) is 144 Å². The first-order valence-corrected chi connectivity index (χ1v) is 13.4. The highest BCUT2D eigenvalue weighted by atomic mass is 14.2. The molecule has 0 fully saturated rings. The molecule has 0 heterocycles. The molecule has 4 aromatic rings. The zero-order valence-electron chi connectivity index (χ0n) is 24.3. The monoisotopic (exact) mass is 530 g/mol. The van der Waals surface area contributed by atoms with Gasteiger partial charge in [-0.25, -0.2) is 0 Å². The summed E-state index contributed by atoms with van der Waals surface area (Å²) in [7, 11) is 0. The Morgan fingerprint density at radius 3 is 1.08 bits per heavy atom. The number of hydrogen-bond donors (Lipinski definition) is 0. The Kier molecular flexibility index (Phi) is 29.2. The van der Waals surface area contributed by atoms with Gasteiger partial charge in [-0.05, 0) is 41.4 Å². The highest BCUT2D eigenvalue weighted by Gasteiger charge is 2.11. The molecule has 0 aliphatic carbocycles. The van der Waals surface area contributed by atoms with E-state index >= 15 is 0 Å². The van der Waals surface area contributed by atoms with Gasteiger partial charge >= 0.3 is 0 Å². The summed E-state index contributed by atoms with van der Waals surface area (Å²) < 4.78 is 0. The molecule has 0 atom stereocenters. The molecular formula is C39H62. The third-order valence-corrected chi connectivity index (χ3v) is 5.30. The van der Waals surface area contributed by atoms with Gasteiger partial charge in [-0.1, -0.05) is 205 Å². The fraction of sp³-hybridized carbons (Fsp3) is 0.385. The van der Waals surface area contributed by atoms with Gasteiger partial charge in [-0.15, -0.1) is 0 Å². The summed E-state index contributed by atoms with van der Waals surface area (Å²) in [5.74, 6) is 0.659. The van der Waals surface area contributed by atoms with E-state index in [-0.39, 0.29) is 22.3 Å². The predicted molar refractivity (Wildman–Crippen MR) is 184 cm³/mol. The third-order valence-electron chi connectivity index (χ3n) is 5.30. The maximum atomic E-state index is 2.22. The van der Waals surface area contributed by atoms with Gasteiger partial charge in [0.2, 0.25) is 0 Å². The van der Waals surface area contributed by atoms with E-state index < -0.39 is 0 Å². The first kappa shape index (κ1) is 43.0. The lowest BCUT2D eigenvalue weighted by Gasteiger charge is -2.18. The lowest BCUT2D eigenvalue weighted by Crippen LogP contribution is -2.10. The highest BCUT2D eigenvalue weighted by Crippen LogP contribution is 2.20. The minimum Gasteiger partial charge on any atom is -0.0776 e. The Hall–Kier alpha value is -3.12. The van der Waals surface area contributed by atoms with Crippen LogP contribution in [0.3, 0.4) is 0 Å². The fourth-order valence-corrected chi connectivity index (χ4v) is 3.02. The molecule has 0 radical (unpaired) electrons. The van der Waals surface area contributed by atoms with Crippen molar-refractivity contribution in [2.75, 3.05) is 0 Å². The topological polar surface area (TPSA) is 0 Å². The highest BCUT2D eigenvalue weighted by molar-refractivity contribution is 5.22. The zero-order valence-corrected chi connectivity index (χ0v) is 24.3. The van der Waals surface area contributed by atoms with Crippen LogP contribution >= 0.6 is 0 Å². The van der Waals surface area contributed by atoms with Crippen LogP contribution in [-0.4, -0.2) is 0 Å². The molecule has 0 aromatic heterocycles. The lowest BCUT2D eigenvalue weighted by molar-refractivity contribution is 0.590. The molecule has 0 nitrogen and oxygen atoms in total. The second-order valence-electron chi connectivity index (χ2n) is 9.68. The molecule has 0 saturated heterocycles. The van der Waals surface area contributed by atoms with Crippen LogP contribution in [0.15, 0.2) is 121 Å². The molecule has 0 aliphatic heterocycles. The minimum absolute atomic E-state index is 0. The number of benzene rings is 4. The maximum Gasteiger partial charge on any atom is -0.0132 e. The normalized spacial score (nSPS) is 8.87. The van der Waals surface area contributed by atoms with Gasteiger partial charge in [-0.2, -0.15) is 0 Å². The van der Waals surface area contributed by atoms with E-state index in [4.69, 9.17) is 0 Å². The van der Waals surface area contributed by atoms with Crippen LogP contribution < -0.4 is 0 Å². The average molecular weight is 531 g/mol. The van der Waals surface area contributed by atoms with Crippen LogP contribution in [0.4, 0.5) is 0 Å². The summed E-state index contributed by atoms with van der Waals surface area (Å²) in [6, 6.07) is 41.8. The molecule has 0 bridgehead atoms. The first-order chi connectivity index (χ1) is 17.2. The molecule has 0 spiro atoms. The Labute approximate surface area is 245 Å². The molecule has 0 saturated carbocycles. The molecule has 0 heteroatoms. The van der Waals surface area contributed by atoms with Crippen molar-refractivity contribution in [3.8, 4) is 0 Å². The van der Waals surface area contributed by atoms with E-state index in [9.17, 15) is 0 Å². The van der Waals surface area contributed by atoms with Gasteiger partial charge in [0.15, 0.2) is 0 Å². The van der Waals surface area contributed by atoms with Gasteiger partial charge in [-0.3, -0.25) is 0 Å². The lowest BCUT2D eigenvalue weighted by atomic mass is 9.87. The molecule has 0 aliphatic rings. The summed E-state index contributed by atoms with van der Waals surface area (Å²) in [6.45, 7) is 19.3. The van der Waals surface area contributed by atoms with E-state index in [1.807, 2.05) is 44.2 Å². The summed E-state index contributed by atoms with van der Waals surface area (Å²) in [5.41, 5.74) is 5.84. The second-order valence-corrected chi connectivity index (χ2v) is 9.68. The standard InChI is InChI=1S/C10H14.C9H12.C8H10.C7H8.C2H6.3CH4/c1-10(2,3)9-7-5-4-6-8-9;1-8(2)9-6-4-3-5-7-9;1-2-8-6-4-3-5-7-8;1-7-5-3-2-4-6-7;1-2;;;/h4-8H,1-3H3;3-8H,1-2H3;3-7H,2H2,1H3;2-6H,1H3;1-2H3;3*1H4. The zero-order chi connectivity index (χ0) is 27.2. The Balaban J connectivity index is -0.000000201. The van der Waals surface area contributed by atoms with Crippen molar-refractivity contribution in [2.24, 2.45) is 0 Å².